The van der Waals surface area contributed by atoms with Crippen molar-refractivity contribution in [3.8, 4) is 5.75 Å². The van der Waals surface area contributed by atoms with E-state index >= 15 is 0 Å². The second-order valence-corrected chi connectivity index (χ2v) is 9.18. The van der Waals surface area contributed by atoms with Gasteiger partial charge in [0.25, 0.3) is 0 Å². The molecule has 0 bridgehead atoms. The molecule has 3 heterocycles. The summed E-state index contributed by atoms with van der Waals surface area (Å²) in [4.78, 5) is 8.40. The zero-order valence-corrected chi connectivity index (χ0v) is 19.3. The van der Waals surface area contributed by atoms with Crippen LogP contribution in [0.3, 0.4) is 0 Å². The molecule has 1 fully saturated rings. The minimum atomic E-state index is -1.27. The number of aliphatic hydroxyl groups is 1. The second-order valence-electron chi connectivity index (χ2n) is 8.83. The smallest absolute Gasteiger partial charge is 0.160 e. The highest BCUT2D eigenvalue weighted by Crippen LogP contribution is 2.30. The normalized spacial score (nSPS) is 21.2. The lowest BCUT2D eigenvalue weighted by Gasteiger charge is -2.27. The molecule has 1 aliphatic heterocycles. The fourth-order valence-electron chi connectivity index (χ4n) is 4.32. The van der Waals surface area contributed by atoms with Crippen molar-refractivity contribution in [1.29, 1.82) is 0 Å². The van der Waals surface area contributed by atoms with E-state index in [1.807, 2.05) is 47.2 Å². The first kappa shape index (κ1) is 22.1. The lowest BCUT2D eigenvalue weighted by molar-refractivity contribution is -0.215. The summed E-state index contributed by atoms with van der Waals surface area (Å²) in [7, 11) is 0. The second kappa shape index (κ2) is 8.91. The molecule has 0 aliphatic carbocycles. The van der Waals surface area contributed by atoms with Crippen molar-refractivity contribution < 1.29 is 19.3 Å². The number of aromatic nitrogens is 3. The molecule has 0 spiro atoms. The molecule has 0 radical (unpaired) electrons. The summed E-state index contributed by atoms with van der Waals surface area (Å²) in [6.07, 6.45) is 3.21. The first-order valence-electron chi connectivity index (χ1n) is 11.0. The summed E-state index contributed by atoms with van der Waals surface area (Å²) in [5.41, 5.74) is 0.733. The minimum absolute atomic E-state index is 0.172. The number of fused-ring (bicyclic) bond motifs is 2. The summed E-state index contributed by atoms with van der Waals surface area (Å²) >= 11 is 6.19. The predicted molar refractivity (Wildman–Crippen MR) is 126 cm³/mol. The molecule has 7 nitrogen and oxygen atoms in total. The van der Waals surface area contributed by atoms with Gasteiger partial charge in [-0.25, -0.2) is 9.97 Å². The Morgan fingerprint density at radius 1 is 1.15 bits per heavy atom. The first-order chi connectivity index (χ1) is 15.9. The molecule has 0 amide bonds. The number of hydrogen-bond acceptors (Lipinski definition) is 6. The van der Waals surface area contributed by atoms with E-state index in [0.717, 1.165) is 22.2 Å². The number of halogens is 1. The van der Waals surface area contributed by atoms with Crippen LogP contribution in [0.25, 0.3) is 21.8 Å². The van der Waals surface area contributed by atoms with Crippen LogP contribution in [0.1, 0.15) is 20.3 Å². The standard InChI is InChI=1S/C25H26ClN3O4/c1-25(2,30)33-21-12-19(14-31-18-8-7-16-5-3-4-6-17(16)11-18)32-22(21)13-29-10-9-20-23(26)27-15-28-24(20)29/h3-11,15,19,21-22,30H,12-14H2,1-2H3/t19?,21-,22+/m1/s1. The van der Waals surface area contributed by atoms with Crippen LogP contribution in [0.5, 0.6) is 5.75 Å². The summed E-state index contributed by atoms with van der Waals surface area (Å²) in [6.45, 7) is 4.15. The van der Waals surface area contributed by atoms with Crippen molar-refractivity contribution in [2.75, 3.05) is 6.61 Å². The van der Waals surface area contributed by atoms with Gasteiger partial charge in [-0.3, -0.25) is 0 Å². The molecule has 5 rings (SSSR count). The molecular weight excluding hydrogens is 442 g/mol. The Morgan fingerprint density at radius 2 is 1.97 bits per heavy atom. The lowest BCUT2D eigenvalue weighted by Crippen LogP contribution is -2.36. The van der Waals surface area contributed by atoms with Gasteiger partial charge in [-0.2, -0.15) is 0 Å². The van der Waals surface area contributed by atoms with Gasteiger partial charge in [0, 0.05) is 12.6 Å². The van der Waals surface area contributed by atoms with E-state index in [9.17, 15) is 5.11 Å². The molecule has 172 valence electrons. The maximum atomic E-state index is 10.3. The monoisotopic (exact) mass is 467 g/mol. The van der Waals surface area contributed by atoms with E-state index < -0.39 is 5.79 Å². The predicted octanol–water partition coefficient (Wildman–Crippen LogP) is 4.59. The number of ether oxygens (including phenoxy) is 3. The molecule has 3 atom stereocenters. The SMILES string of the molecule is CC(C)(O)O[C@@H]1CC(COc2ccc3ccccc3c2)O[C@H]1Cn1ccc2c(Cl)ncnc21. The zero-order valence-electron chi connectivity index (χ0n) is 18.5. The van der Waals surface area contributed by atoms with Gasteiger partial charge in [0.05, 0.1) is 24.1 Å². The maximum absolute atomic E-state index is 10.3. The third kappa shape index (κ3) is 4.96. The zero-order chi connectivity index (χ0) is 23.0. The largest absolute Gasteiger partial charge is 0.491 e. The van der Waals surface area contributed by atoms with Crippen LogP contribution in [0, 0.1) is 0 Å². The number of rotatable bonds is 7. The molecule has 1 saturated heterocycles. The topological polar surface area (TPSA) is 78.6 Å². The quantitative estimate of drug-likeness (QED) is 0.316. The van der Waals surface area contributed by atoms with E-state index in [0.29, 0.717) is 24.7 Å². The lowest BCUT2D eigenvalue weighted by atomic mass is 10.1. The maximum Gasteiger partial charge on any atom is 0.160 e. The van der Waals surface area contributed by atoms with Gasteiger partial charge in [0.15, 0.2) is 5.79 Å². The Kier molecular flexibility index (Phi) is 5.97. The number of nitrogens with zero attached hydrogens (tertiary/aromatic N) is 3. The van der Waals surface area contributed by atoms with E-state index in [1.165, 1.54) is 11.7 Å². The van der Waals surface area contributed by atoms with Crippen LogP contribution >= 0.6 is 11.6 Å². The van der Waals surface area contributed by atoms with Crippen molar-refractivity contribution >= 4 is 33.4 Å². The van der Waals surface area contributed by atoms with E-state index in [-0.39, 0.29) is 18.3 Å². The number of benzene rings is 2. The molecule has 33 heavy (non-hydrogen) atoms. The van der Waals surface area contributed by atoms with Crippen LogP contribution in [-0.4, -0.2) is 50.3 Å². The highest BCUT2D eigenvalue weighted by Gasteiger charge is 2.39. The van der Waals surface area contributed by atoms with Crippen molar-refractivity contribution in [3.05, 3.63) is 66.2 Å². The molecule has 0 saturated carbocycles. The fraction of sp³-hybridized carbons (Fsp3) is 0.360. The van der Waals surface area contributed by atoms with Crippen LogP contribution in [-0.2, 0) is 16.0 Å². The van der Waals surface area contributed by atoms with Crippen molar-refractivity contribution in [1.82, 2.24) is 14.5 Å². The van der Waals surface area contributed by atoms with Crippen LogP contribution < -0.4 is 4.74 Å². The van der Waals surface area contributed by atoms with Crippen molar-refractivity contribution in [2.24, 2.45) is 0 Å². The van der Waals surface area contributed by atoms with Gasteiger partial charge in [0.1, 0.15) is 35.6 Å². The fourth-order valence-corrected chi connectivity index (χ4v) is 4.52. The third-order valence-electron chi connectivity index (χ3n) is 5.76. The average molecular weight is 468 g/mol. The Balaban J connectivity index is 1.30. The van der Waals surface area contributed by atoms with Crippen LogP contribution in [0.2, 0.25) is 5.15 Å². The molecule has 8 heteroatoms. The Hall–Kier alpha value is -2.71. The Morgan fingerprint density at radius 3 is 2.79 bits per heavy atom. The van der Waals surface area contributed by atoms with Gasteiger partial charge < -0.3 is 23.9 Å². The minimum Gasteiger partial charge on any atom is -0.491 e. The van der Waals surface area contributed by atoms with Crippen molar-refractivity contribution in [2.45, 2.75) is 50.9 Å². The van der Waals surface area contributed by atoms with Crippen LogP contribution in [0.15, 0.2) is 61.1 Å². The van der Waals surface area contributed by atoms with E-state index in [2.05, 4.69) is 22.1 Å². The first-order valence-corrected chi connectivity index (χ1v) is 11.4. The van der Waals surface area contributed by atoms with Gasteiger partial charge in [0.2, 0.25) is 0 Å². The third-order valence-corrected chi connectivity index (χ3v) is 6.06. The van der Waals surface area contributed by atoms with E-state index in [1.54, 1.807) is 13.8 Å². The molecule has 1 unspecified atom stereocenters. The summed E-state index contributed by atoms with van der Waals surface area (Å²) in [5, 5.41) is 13.8. The molecular formula is C25H26ClN3O4. The van der Waals surface area contributed by atoms with Crippen LogP contribution in [0.4, 0.5) is 0 Å². The molecule has 1 N–H and O–H groups in total. The average Bonchev–Trinajstić information content (AvgIpc) is 3.36. The van der Waals surface area contributed by atoms with Gasteiger partial charge in [-0.1, -0.05) is 41.9 Å². The van der Waals surface area contributed by atoms with Gasteiger partial charge >= 0.3 is 0 Å². The number of hydrogen-bond donors (Lipinski definition) is 1. The highest BCUT2D eigenvalue weighted by atomic mass is 35.5. The van der Waals surface area contributed by atoms with Crippen molar-refractivity contribution in [3.63, 3.8) is 0 Å². The van der Waals surface area contributed by atoms with Gasteiger partial charge in [-0.15, -0.1) is 0 Å². The highest BCUT2D eigenvalue weighted by molar-refractivity contribution is 6.33. The van der Waals surface area contributed by atoms with Gasteiger partial charge in [-0.05, 0) is 42.8 Å². The molecule has 2 aromatic heterocycles. The van der Waals surface area contributed by atoms with E-state index in [4.69, 9.17) is 25.8 Å². The molecule has 2 aromatic carbocycles. The molecule has 1 aliphatic rings. The molecule has 4 aromatic rings. The summed E-state index contributed by atoms with van der Waals surface area (Å²) in [6, 6.07) is 16.1. The summed E-state index contributed by atoms with van der Waals surface area (Å²) < 4.78 is 20.3. The summed E-state index contributed by atoms with van der Waals surface area (Å²) in [5.74, 6) is -0.478. The Labute approximate surface area is 196 Å². The Bertz CT molecular complexity index is 1270.